The van der Waals surface area contributed by atoms with Crippen LogP contribution in [0, 0.1) is 0 Å². The maximum atomic E-state index is 6.52. The van der Waals surface area contributed by atoms with Gasteiger partial charge in [-0.3, -0.25) is 0 Å². The minimum atomic E-state index is -0.650. The normalized spacial score (nSPS) is 33.3. The second-order valence-corrected chi connectivity index (χ2v) is 6.96. The summed E-state index contributed by atoms with van der Waals surface area (Å²) < 4.78 is 13.0. The zero-order valence-electron chi connectivity index (χ0n) is 14.7. The highest BCUT2D eigenvalue weighted by atomic mass is 16.6. The molecule has 4 atom stereocenters. The third-order valence-electron chi connectivity index (χ3n) is 5.34. The van der Waals surface area contributed by atoms with Gasteiger partial charge >= 0.3 is 0 Å². The van der Waals surface area contributed by atoms with Crippen LogP contribution in [0.25, 0.3) is 0 Å². The Morgan fingerprint density at radius 3 is 1.25 bits per heavy atom. The van der Waals surface area contributed by atoms with Crippen LogP contribution in [0.4, 0.5) is 11.4 Å². The number of rotatable bonds is 2. The van der Waals surface area contributed by atoms with Crippen LogP contribution in [-0.4, -0.2) is 12.2 Å². The van der Waals surface area contributed by atoms with Crippen molar-refractivity contribution in [2.24, 2.45) is 0 Å². The molecule has 0 bridgehead atoms. The Hall–Kier alpha value is -2.04. The second kappa shape index (κ2) is 5.80. The molecule has 4 N–H and O–H groups in total. The summed E-state index contributed by atoms with van der Waals surface area (Å²) in [7, 11) is 0. The Morgan fingerprint density at radius 1 is 0.667 bits per heavy atom. The van der Waals surface area contributed by atoms with Gasteiger partial charge in [-0.05, 0) is 63.1 Å². The molecule has 0 saturated carbocycles. The topological polar surface area (TPSA) is 70.5 Å². The lowest BCUT2D eigenvalue weighted by atomic mass is 9.74. The summed E-state index contributed by atoms with van der Waals surface area (Å²) in [6.07, 6.45) is -0.0381. The minimum Gasteiger partial charge on any atom is -0.399 e. The first kappa shape index (κ1) is 16.8. The zero-order valence-corrected chi connectivity index (χ0v) is 14.7. The molecule has 3 rings (SSSR count). The molecule has 0 aromatic heterocycles. The van der Waals surface area contributed by atoms with E-state index in [1.54, 1.807) is 0 Å². The maximum absolute atomic E-state index is 6.52. The van der Waals surface area contributed by atoms with Gasteiger partial charge in [0.25, 0.3) is 0 Å². The second-order valence-electron chi connectivity index (χ2n) is 6.96. The average Bonchev–Trinajstić information content (AvgIpc) is 2.54. The van der Waals surface area contributed by atoms with Crippen LogP contribution in [0.15, 0.2) is 48.5 Å². The van der Waals surface area contributed by atoms with Crippen molar-refractivity contribution in [2.75, 3.05) is 11.5 Å². The van der Waals surface area contributed by atoms with Gasteiger partial charge in [0.1, 0.15) is 11.2 Å². The minimum absolute atomic E-state index is 0.0191. The first-order valence-electron chi connectivity index (χ1n) is 8.34. The van der Waals surface area contributed by atoms with Crippen molar-refractivity contribution in [3.8, 4) is 0 Å². The van der Waals surface area contributed by atoms with E-state index in [0.717, 1.165) is 22.5 Å². The van der Waals surface area contributed by atoms with Crippen LogP contribution in [0.3, 0.4) is 0 Å². The van der Waals surface area contributed by atoms with Gasteiger partial charge in [0.15, 0.2) is 0 Å². The van der Waals surface area contributed by atoms with Gasteiger partial charge in [-0.25, -0.2) is 0 Å². The van der Waals surface area contributed by atoms with E-state index in [-0.39, 0.29) is 12.2 Å². The molecule has 0 spiro atoms. The molecule has 2 aromatic carbocycles. The summed E-state index contributed by atoms with van der Waals surface area (Å²) in [5, 5.41) is 0. The molecule has 4 nitrogen and oxygen atoms in total. The molecule has 1 aliphatic rings. The van der Waals surface area contributed by atoms with E-state index in [2.05, 4.69) is 13.8 Å². The number of nitrogen functional groups attached to an aromatic ring is 2. The van der Waals surface area contributed by atoms with E-state index in [1.807, 2.05) is 62.4 Å². The summed E-state index contributed by atoms with van der Waals surface area (Å²) in [4.78, 5) is 0. The molecule has 1 saturated heterocycles. The SMILES string of the molecule is CC1OC(C)(c2ccc(N)cc2)C(C)(c2ccc(N)cc2)OC1C. The van der Waals surface area contributed by atoms with Crippen LogP contribution in [0.1, 0.15) is 38.8 Å². The monoisotopic (exact) mass is 326 g/mol. The molecule has 128 valence electrons. The van der Waals surface area contributed by atoms with Crippen molar-refractivity contribution in [3.05, 3.63) is 59.7 Å². The van der Waals surface area contributed by atoms with Crippen molar-refractivity contribution in [3.63, 3.8) is 0 Å². The maximum Gasteiger partial charge on any atom is 0.124 e. The number of hydrogen-bond donors (Lipinski definition) is 2. The predicted molar refractivity (Wildman–Crippen MR) is 97.5 cm³/mol. The standard InChI is InChI=1S/C20H26N2O2/c1-13-14(2)24-20(4,16-7-11-18(22)12-8-16)19(3,23-13)15-5-9-17(21)10-6-15/h5-14H,21-22H2,1-4H3. The average molecular weight is 326 g/mol. The fraction of sp³-hybridized carbons (Fsp3) is 0.400. The van der Waals surface area contributed by atoms with Gasteiger partial charge < -0.3 is 20.9 Å². The van der Waals surface area contributed by atoms with Crippen LogP contribution in [0.2, 0.25) is 0 Å². The molecule has 4 unspecified atom stereocenters. The van der Waals surface area contributed by atoms with Crippen molar-refractivity contribution >= 4 is 11.4 Å². The smallest absolute Gasteiger partial charge is 0.124 e. The Labute approximate surface area is 143 Å². The lowest BCUT2D eigenvalue weighted by Gasteiger charge is -2.54. The van der Waals surface area contributed by atoms with E-state index >= 15 is 0 Å². The van der Waals surface area contributed by atoms with E-state index < -0.39 is 11.2 Å². The molecule has 1 aliphatic heterocycles. The third kappa shape index (κ3) is 2.56. The predicted octanol–water partition coefficient (Wildman–Crippen LogP) is 3.81. The zero-order chi connectivity index (χ0) is 17.5. The van der Waals surface area contributed by atoms with Crippen LogP contribution < -0.4 is 11.5 Å². The lowest BCUT2D eigenvalue weighted by molar-refractivity contribution is -0.311. The van der Waals surface area contributed by atoms with Crippen LogP contribution >= 0.6 is 0 Å². The number of ether oxygens (including phenoxy) is 2. The first-order valence-corrected chi connectivity index (χ1v) is 8.34. The molecular formula is C20H26N2O2. The number of anilines is 2. The van der Waals surface area contributed by atoms with Crippen LogP contribution in [0.5, 0.6) is 0 Å². The van der Waals surface area contributed by atoms with Gasteiger partial charge in [0.05, 0.1) is 12.2 Å². The van der Waals surface area contributed by atoms with Crippen LogP contribution in [-0.2, 0) is 20.7 Å². The van der Waals surface area contributed by atoms with Gasteiger partial charge in [-0.2, -0.15) is 0 Å². The van der Waals surface area contributed by atoms with Crippen molar-refractivity contribution in [2.45, 2.75) is 51.1 Å². The molecule has 1 fully saturated rings. The Morgan fingerprint density at radius 2 is 0.958 bits per heavy atom. The molecule has 1 heterocycles. The molecule has 4 heteroatoms. The van der Waals surface area contributed by atoms with E-state index in [4.69, 9.17) is 20.9 Å². The highest BCUT2D eigenvalue weighted by molar-refractivity contribution is 5.45. The fourth-order valence-corrected chi connectivity index (χ4v) is 3.45. The highest BCUT2D eigenvalue weighted by Gasteiger charge is 2.55. The number of nitrogens with two attached hydrogens (primary N) is 2. The van der Waals surface area contributed by atoms with Crippen molar-refractivity contribution < 1.29 is 9.47 Å². The summed E-state index contributed by atoms with van der Waals surface area (Å²) in [6.45, 7) is 8.25. The summed E-state index contributed by atoms with van der Waals surface area (Å²) >= 11 is 0. The summed E-state index contributed by atoms with van der Waals surface area (Å²) in [5.74, 6) is 0. The van der Waals surface area contributed by atoms with E-state index in [9.17, 15) is 0 Å². The molecule has 24 heavy (non-hydrogen) atoms. The Bertz CT molecular complexity index is 650. The third-order valence-corrected chi connectivity index (χ3v) is 5.34. The van der Waals surface area contributed by atoms with Gasteiger partial charge in [0.2, 0.25) is 0 Å². The summed E-state index contributed by atoms with van der Waals surface area (Å²) in [5.41, 5.74) is 14.0. The first-order chi connectivity index (χ1) is 11.3. The fourth-order valence-electron chi connectivity index (χ4n) is 3.45. The van der Waals surface area contributed by atoms with Gasteiger partial charge in [-0.1, -0.05) is 24.3 Å². The number of benzene rings is 2. The summed E-state index contributed by atoms with van der Waals surface area (Å²) in [6, 6.07) is 15.6. The van der Waals surface area contributed by atoms with Gasteiger partial charge in [0, 0.05) is 11.4 Å². The quantitative estimate of drug-likeness (QED) is 0.823. The van der Waals surface area contributed by atoms with E-state index in [1.165, 1.54) is 0 Å². The van der Waals surface area contributed by atoms with Gasteiger partial charge in [-0.15, -0.1) is 0 Å². The molecule has 0 aliphatic carbocycles. The van der Waals surface area contributed by atoms with Crippen molar-refractivity contribution in [1.82, 2.24) is 0 Å². The lowest BCUT2D eigenvalue weighted by Crippen LogP contribution is -2.58. The Balaban J connectivity index is 2.15. The van der Waals surface area contributed by atoms with Crippen molar-refractivity contribution in [1.29, 1.82) is 0 Å². The molecule has 0 amide bonds. The highest BCUT2D eigenvalue weighted by Crippen LogP contribution is 2.51. The largest absolute Gasteiger partial charge is 0.399 e. The van der Waals surface area contributed by atoms with E-state index in [0.29, 0.717) is 0 Å². The molecular weight excluding hydrogens is 300 g/mol. The Kier molecular flexibility index (Phi) is 4.06. The number of hydrogen-bond acceptors (Lipinski definition) is 4. The molecule has 2 aromatic rings. The molecule has 0 radical (unpaired) electrons.